The van der Waals surface area contributed by atoms with Gasteiger partial charge in [0.25, 0.3) is 5.91 Å². The van der Waals surface area contributed by atoms with Crippen LogP contribution in [0.5, 0.6) is 0 Å². The lowest BCUT2D eigenvalue weighted by Gasteiger charge is -2.31. The summed E-state index contributed by atoms with van der Waals surface area (Å²) in [5.74, 6) is -1.04. The molecule has 0 saturated heterocycles. The van der Waals surface area contributed by atoms with E-state index in [1.807, 2.05) is 38.1 Å². The number of urea groups is 1. The number of nitrogens with two attached hydrogens (primary N) is 1. The number of benzene rings is 3. The van der Waals surface area contributed by atoms with E-state index in [0.717, 1.165) is 11.1 Å². The van der Waals surface area contributed by atoms with Gasteiger partial charge in [-0.15, -0.1) is 5.16 Å². The number of anilines is 2. The Kier molecular flexibility index (Phi) is 6.73. The van der Waals surface area contributed by atoms with Crippen molar-refractivity contribution in [3.63, 3.8) is 0 Å². The van der Waals surface area contributed by atoms with Gasteiger partial charge in [-0.05, 0) is 43.2 Å². The molecule has 3 aromatic carbocycles. The van der Waals surface area contributed by atoms with E-state index in [2.05, 4.69) is 15.8 Å². The Morgan fingerprint density at radius 3 is 2.28 bits per heavy atom. The molecule has 1 atom stereocenters. The van der Waals surface area contributed by atoms with Crippen molar-refractivity contribution in [2.45, 2.75) is 25.8 Å². The molecule has 36 heavy (non-hydrogen) atoms. The molecule has 1 unspecified atom stereocenters. The van der Waals surface area contributed by atoms with Gasteiger partial charge in [0.15, 0.2) is 5.54 Å². The number of hydrogen-bond acceptors (Lipinski definition) is 5. The van der Waals surface area contributed by atoms with Crippen LogP contribution in [0, 0.1) is 13.8 Å². The van der Waals surface area contributed by atoms with E-state index in [1.165, 1.54) is 11.1 Å². The second kappa shape index (κ2) is 9.91. The minimum Gasteiger partial charge on any atom is -0.411 e. The van der Waals surface area contributed by atoms with E-state index < -0.39 is 23.4 Å². The third kappa shape index (κ3) is 4.50. The summed E-state index contributed by atoms with van der Waals surface area (Å²) in [6.45, 7) is 3.81. The third-order valence-corrected chi connectivity index (χ3v) is 6.17. The van der Waals surface area contributed by atoms with Gasteiger partial charge in [0, 0.05) is 11.3 Å². The quantitative estimate of drug-likeness (QED) is 0.232. The van der Waals surface area contributed by atoms with Crippen molar-refractivity contribution >= 4 is 35.4 Å². The van der Waals surface area contributed by atoms with Gasteiger partial charge in [0.05, 0.1) is 24.9 Å². The highest BCUT2D eigenvalue weighted by Gasteiger charge is 2.54. The van der Waals surface area contributed by atoms with Crippen molar-refractivity contribution in [2.24, 2.45) is 10.9 Å². The number of nitrogens with one attached hydrogen (secondary N) is 2. The first-order valence-electron chi connectivity index (χ1n) is 11.4. The van der Waals surface area contributed by atoms with E-state index in [0.29, 0.717) is 28.1 Å². The van der Waals surface area contributed by atoms with Crippen molar-refractivity contribution in [2.75, 3.05) is 16.8 Å². The van der Waals surface area contributed by atoms with Crippen LogP contribution in [0.1, 0.15) is 27.8 Å². The fourth-order valence-corrected chi connectivity index (χ4v) is 4.53. The van der Waals surface area contributed by atoms with Gasteiger partial charge in [0.1, 0.15) is 0 Å². The highest BCUT2D eigenvalue weighted by atomic mass is 16.4. The van der Waals surface area contributed by atoms with Gasteiger partial charge in [0.2, 0.25) is 5.91 Å². The summed E-state index contributed by atoms with van der Waals surface area (Å²) in [7, 11) is 0. The predicted octanol–water partition coefficient (Wildman–Crippen LogP) is 3.20. The highest BCUT2D eigenvalue weighted by Crippen LogP contribution is 2.46. The molecule has 1 aliphatic heterocycles. The Hall–Kier alpha value is -4.66. The molecular weight excluding hydrogens is 458 g/mol. The second-order valence-corrected chi connectivity index (χ2v) is 8.73. The van der Waals surface area contributed by atoms with Gasteiger partial charge in [-0.25, -0.2) is 4.79 Å². The van der Waals surface area contributed by atoms with Crippen molar-refractivity contribution in [3.05, 3.63) is 94.5 Å². The van der Waals surface area contributed by atoms with Gasteiger partial charge in [-0.2, -0.15) is 0 Å². The minimum absolute atomic E-state index is 0.0444. The molecular formula is C27H27N5O4. The number of carbonyl (C=O) groups is 3. The van der Waals surface area contributed by atoms with Crippen LogP contribution in [0.2, 0.25) is 0 Å². The summed E-state index contributed by atoms with van der Waals surface area (Å²) in [5.41, 5.74) is 8.39. The van der Waals surface area contributed by atoms with Crippen LogP contribution in [0.3, 0.4) is 0 Å². The van der Waals surface area contributed by atoms with E-state index in [1.54, 1.807) is 42.5 Å². The number of oxime groups is 1. The van der Waals surface area contributed by atoms with Crippen LogP contribution in [-0.2, 0) is 21.5 Å². The van der Waals surface area contributed by atoms with Gasteiger partial charge in [-0.3, -0.25) is 9.59 Å². The maximum absolute atomic E-state index is 14.2. The number of hydrogen-bond donors (Lipinski definition) is 4. The smallest absolute Gasteiger partial charge is 0.320 e. The number of amides is 4. The molecule has 9 nitrogen and oxygen atoms in total. The Bertz CT molecular complexity index is 1340. The zero-order valence-corrected chi connectivity index (χ0v) is 20.0. The zero-order valence-electron chi connectivity index (χ0n) is 20.0. The molecule has 0 radical (unpaired) electrons. The SMILES string of the molecule is Cc1ccc(NC(=O)NC2(c3ccc(C)cc3)C(=O)N(CC=NO)c3cccc(CC(N)=O)c32)cc1. The lowest BCUT2D eigenvalue weighted by atomic mass is 9.80. The van der Waals surface area contributed by atoms with Gasteiger partial charge < -0.3 is 26.5 Å². The summed E-state index contributed by atoms with van der Waals surface area (Å²) in [5, 5.41) is 17.8. The maximum atomic E-state index is 14.2. The fraction of sp³-hybridized carbons (Fsp3) is 0.185. The summed E-state index contributed by atoms with van der Waals surface area (Å²) in [4.78, 5) is 40.9. The summed E-state index contributed by atoms with van der Waals surface area (Å²) in [6.07, 6.45) is 1.05. The van der Waals surface area contributed by atoms with E-state index >= 15 is 0 Å². The van der Waals surface area contributed by atoms with Crippen LogP contribution in [0.15, 0.2) is 71.9 Å². The second-order valence-electron chi connectivity index (χ2n) is 8.73. The molecule has 4 rings (SSSR count). The van der Waals surface area contributed by atoms with Crippen LogP contribution in [-0.4, -0.2) is 35.8 Å². The Balaban J connectivity index is 1.90. The lowest BCUT2D eigenvalue weighted by molar-refractivity contribution is -0.122. The summed E-state index contributed by atoms with van der Waals surface area (Å²) < 4.78 is 0. The molecule has 9 heteroatoms. The van der Waals surface area contributed by atoms with Crippen molar-refractivity contribution < 1.29 is 19.6 Å². The van der Waals surface area contributed by atoms with Crippen LogP contribution in [0.4, 0.5) is 16.2 Å². The average Bonchev–Trinajstić information content (AvgIpc) is 3.08. The minimum atomic E-state index is -1.66. The number of fused-ring (bicyclic) bond motifs is 1. The summed E-state index contributed by atoms with van der Waals surface area (Å²) in [6, 6.07) is 19.0. The van der Waals surface area contributed by atoms with Crippen LogP contribution < -0.4 is 21.3 Å². The topological polar surface area (TPSA) is 137 Å². The van der Waals surface area contributed by atoms with Gasteiger partial charge in [-0.1, -0.05) is 59.7 Å². The van der Waals surface area contributed by atoms with Crippen LogP contribution >= 0.6 is 0 Å². The molecule has 0 bridgehead atoms. The molecule has 3 aromatic rings. The van der Waals surface area contributed by atoms with Gasteiger partial charge >= 0.3 is 6.03 Å². The Labute approximate surface area is 208 Å². The lowest BCUT2D eigenvalue weighted by Crippen LogP contribution is -2.55. The molecule has 0 saturated carbocycles. The zero-order chi connectivity index (χ0) is 25.9. The first-order chi connectivity index (χ1) is 17.3. The summed E-state index contributed by atoms with van der Waals surface area (Å²) >= 11 is 0. The molecule has 1 heterocycles. The predicted molar refractivity (Wildman–Crippen MR) is 137 cm³/mol. The molecule has 0 spiro atoms. The number of primary amides is 1. The standard InChI is InChI=1S/C27H27N5O4/c1-17-6-10-20(11-7-17)27(31-26(35)30-21-12-8-18(2)9-13-21)24-19(16-23(28)33)4-3-5-22(24)32(25(27)34)15-14-29-36/h3-14,36H,15-16H2,1-2H3,(H2,28,33)(H2,30,31,35). The molecule has 4 amide bonds. The van der Waals surface area contributed by atoms with Crippen molar-refractivity contribution in [1.29, 1.82) is 0 Å². The van der Waals surface area contributed by atoms with E-state index in [-0.39, 0.29) is 13.0 Å². The molecule has 184 valence electrons. The number of rotatable bonds is 7. The number of carbonyl (C=O) groups excluding carboxylic acids is 3. The molecule has 0 aliphatic carbocycles. The fourth-order valence-electron chi connectivity index (χ4n) is 4.53. The average molecular weight is 486 g/mol. The maximum Gasteiger partial charge on any atom is 0.320 e. The van der Waals surface area contributed by atoms with E-state index in [9.17, 15) is 14.4 Å². The monoisotopic (exact) mass is 485 g/mol. The number of nitrogens with zero attached hydrogens (tertiary/aromatic N) is 2. The first-order valence-corrected chi connectivity index (χ1v) is 11.4. The van der Waals surface area contributed by atoms with Crippen molar-refractivity contribution in [1.82, 2.24) is 5.32 Å². The molecule has 0 fully saturated rings. The first kappa shape index (κ1) is 24.5. The molecule has 5 N–H and O–H groups in total. The Morgan fingerprint density at radius 1 is 1.03 bits per heavy atom. The number of aryl methyl sites for hydroxylation is 2. The van der Waals surface area contributed by atoms with Crippen LogP contribution in [0.25, 0.3) is 0 Å². The normalized spacial score (nSPS) is 16.7. The molecule has 0 aromatic heterocycles. The molecule has 1 aliphatic rings. The third-order valence-electron chi connectivity index (χ3n) is 6.17. The highest BCUT2D eigenvalue weighted by molar-refractivity contribution is 6.14. The van der Waals surface area contributed by atoms with Crippen molar-refractivity contribution in [3.8, 4) is 0 Å². The largest absolute Gasteiger partial charge is 0.411 e. The van der Waals surface area contributed by atoms with E-state index in [4.69, 9.17) is 10.9 Å². The Morgan fingerprint density at radius 2 is 1.67 bits per heavy atom.